The zero-order chi connectivity index (χ0) is 23.6. The van der Waals surface area contributed by atoms with Crippen LogP contribution in [0.4, 0.5) is 11.4 Å². The number of aryl methyl sites for hydroxylation is 2. The molecule has 1 aromatic carbocycles. The Hall–Kier alpha value is -4.09. The van der Waals surface area contributed by atoms with Crippen LogP contribution >= 0.6 is 0 Å². The molecule has 0 radical (unpaired) electrons. The summed E-state index contributed by atoms with van der Waals surface area (Å²) in [4.78, 5) is 33.9. The molecule has 0 unspecified atom stereocenters. The largest absolute Gasteiger partial charge is 0.350 e. The number of amides is 1. The van der Waals surface area contributed by atoms with E-state index in [2.05, 4.69) is 15.5 Å². The van der Waals surface area contributed by atoms with Crippen LogP contribution in [0.3, 0.4) is 0 Å². The molecule has 32 heavy (non-hydrogen) atoms. The third-order valence-corrected chi connectivity index (χ3v) is 5.18. The molecule has 12 nitrogen and oxygen atoms in total. The van der Waals surface area contributed by atoms with Crippen LogP contribution in [0.25, 0.3) is 0 Å². The van der Waals surface area contributed by atoms with E-state index >= 15 is 0 Å². The molecule has 0 bridgehead atoms. The molecule has 0 aliphatic rings. The second kappa shape index (κ2) is 8.96. The van der Waals surface area contributed by atoms with E-state index in [4.69, 9.17) is 0 Å². The number of carbonyl (C=O) groups excluding carboxylic acids is 1. The minimum absolute atomic E-state index is 0.0108. The van der Waals surface area contributed by atoms with E-state index in [1.165, 1.54) is 4.68 Å². The van der Waals surface area contributed by atoms with E-state index < -0.39 is 9.85 Å². The van der Waals surface area contributed by atoms with Crippen molar-refractivity contribution in [2.75, 3.05) is 6.54 Å². The SMILES string of the molecule is Cc1nn(CCNC(=O)c2cccc(Cn3nc(C)c([N+](=O)[O-])c3C)c2)c(C)c1[N+](=O)[O-]. The Morgan fingerprint density at radius 3 is 2.09 bits per heavy atom. The molecule has 0 saturated carbocycles. The molecule has 0 aliphatic heterocycles. The zero-order valence-electron chi connectivity index (χ0n) is 18.2. The van der Waals surface area contributed by atoms with E-state index in [1.54, 1.807) is 50.6 Å². The molecule has 2 heterocycles. The number of aromatic nitrogens is 4. The van der Waals surface area contributed by atoms with Gasteiger partial charge in [0.2, 0.25) is 0 Å². The first-order valence-electron chi connectivity index (χ1n) is 9.84. The Bertz CT molecular complexity index is 1210. The van der Waals surface area contributed by atoms with Crippen molar-refractivity contribution in [2.24, 2.45) is 0 Å². The van der Waals surface area contributed by atoms with Gasteiger partial charge in [0, 0.05) is 12.1 Å². The van der Waals surface area contributed by atoms with Crippen molar-refractivity contribution in [2.45, 2.75) is 40.8 Å². The molecule has 0 atom stereocenters. The summed E-state index contributed by atoms with van der Waals surface area (Å²) in [5.74, 6) is -0.303. The maximum atomic E-state index is 12.6. The monoisotopic (exact) mass is 441 g/mol. The Morgan fingerprint density at radius 2 is 1.53 bits per heavy atom. The molecular formula is C20H23N7O5. The highest BCUT2D eigenvalue weighted by Gasteiger charge is 2.22. The fourth-order valence-electron chi connectivity index (χ4n) is 3.64. The number of nitro groups is 2. The summed E-state index contributed by atoms with van der Waals surface area (Å²) in [6.45, 7) is 7.24. The Kier molecular flexibility index (Phi) is 6.32. The highest BCUT2D eigenvalue weighted by molar-refractivity contribution is 5.94. The minimum Gasteiger partial charge on any atom is -0.350 e. The van der Waals surface area contributed by atoms with Crippen molar-refractivity contribution in [3.63, 3.8) is 0 Å². The molecule has 2 aromatic heterocycles. The van der Waals surface area contributed by atoms with Crippen LogP contribution in [0.15, 0.2) is 24.3 Å². The van der Waals surface area contributed by atoms with Gasteiger partial charge in [-0.25, -0.2) is 0 Å². The maximum Gasteiger partial charge on any atom is 0.312 e. The van der Waals surface area contributed by atoms with Gasteiger partial charge in [0.25, 0.3) is 5.91 Å². The lowest BCUT2D eigenvalue weighted by molar-refractivity contribution is -0.386. The number of hydrogen-bond donors (Lipinski definition) is 1. The second-order valence-corrected chi connectivity index (χ2v) is 7.39. The number of rotatable bonds is 8. The lowest BCUT2D eigenvalue weighted by atomic mass is 10.1. The van der Waals surface area contributed by atoms with Crippen molar-refractivity contribution in [3.8, 4) is 0 Å². The highest BCUT2D eigenvalue weighted by Crippen LogP contribution is 2.23. The van der Waals surface area contributed by atoms with E-state index in [9.17, 15) is 25.0 Å². The topological polar surface area (TPSA) is 151 Å². The van der Waals surface area contributed by atoms with Gasteiger partial charge in [-0.3, -0.25) is 34.4 Å². The second-order valence-electron chi connectivity index (χ2n) is 7.39. The van der Waals surface area contributed by atoms with Crippen LogP contribution in [0.2, 0.25) is 0 Å². The van der Waals surface area contributed by atoms with E-state index in [0.29, 0.717) is 34.9 Å². The Labute approximate surface area is 183 Å². The first-order valence-corrected chi connectivity index (χ1v) is 9.84. The molecule has 3 rings (SSSR count). The predicted molar refractivity (Wildman–Crippen MR) is 115 cm³/mol. The van der Waals surface area contributed by atoms with Crippen LogP contribution in [0, 0.1) is 47.9 Å². The van der Waals surface area contributed by atoms with Crippen LogP contribution in [0.1, 0.15) is 38.7 Å². The molecular weight excluding hydrogens is 418 g/mol. The van der Waals surface area contributed by atoms with E-state index in [-0.39, 0.29) is 30.4 Å². The molecule has 0 aliphatic carbocycles. The van der Waals surface area contributed by atoms with Crippen molar-refractivity contribution < 1.29 is 14.6 Å². The molecule has 1 amide bonds. The van der Waals surface area contributed by atoms with Gasteiger partial charge in [0.05, 0.1) is 22.9 Å². The van der Waals surface area contributed by atoms with Crippen molar-refractivity contribution in [1.82, 2.24) is 24.9 Å². The van der Waals surface area contributed by atoms with Crippen molar-refractivity contribution in [3.05, 3.63) is 78.4 Å². The smallest absolute Gasteiger partial charge is 0.312 e. The number of nitrogens with one attached hydrogen (secondary N) is 1. The van der Waals surface area contributed by atoms with Gasteiger partial charge in [0.15, 0.2) is 0 Å². The van der Waals surface area contributed by atoms with Gasteiger partial charge in [-0.2, -0.15) is 10.2 Å². The zero-order valence-corrected chi connectivity index (χ0v) is 18.2. The standard InChI is InChI=1S/C20H23N7O5/c1-12-18(26(29)30)14(3)24(22-12)9-8-21-20(28)17-7-5-6-16(10-17)11-25-15(4)19(27(31)32)13(2)23-25/h5-7,10H,8-9,11H2,1-4H3,(H,21,28). The summed E-state index contributed by atoms with van der Waals surface area (Å²) in [6, 6.07) is 6.91. The average molecular weight is 441 g/mol. The Morgan fingerprint density at radius 1 is 0.969 bits per heavy atom. The normalized spacial score (nSPS) is 10.9. The minimum atomic E-state index is -0.463. The third-order valence-electron chi connectivity index (χ3n) is 5.18. The van der Waals surface area contributed by atoms with Gasteiger partial charge in [0.1, 0.15) is 22.8 Å². The highest BCUT2D eigenvalue weighted by atomic mass is 16.6. The van der Waals surface area contributed by atoms with Crippen LogP contribution in [0.5, 0.6) is 0 Å². The van der Waals surface area contributed by atoms with Gasteiger partial charge < -0.3 is 5.32 Å². The lowest BCUT2D eigenvalue weighted by Crippen LogP contribution is -2.28. The molecule has 12 heteroatoms. The predicted octanol–water partition coefficient (Wildman–Crippen LogP) is 2.61. The molecule has 3 aromatic rings. The van der Waals surface area contributed by atoms with E-state index in [1.807, 2.05) is 6.07 Å². The average Bonchev–Trinajstić information content (AvgIpc) is 3.16. The van der Waals surface area contributed by atoms with Gasteiger partial charge >= 0.3 is 11.4 Å². The summed E-state index contributed by atoms with van der Waals surface area (Å²) in [5.41, 5.74) is 2.72. The molecule has 168 valence electrons. The molecule has 0 spiro atoms. The van der Waals surface area contributed by atoms with Gasteiger partial charge in [-0.1, -0.05) is 12.1 Å². The fourth-order valence-corrected chi connectivity index (χ4v) is 3.64. The third kappa shape index (κ3) is 4.48. The molecule has 0 saturated heterocycles. The number of carbonyl (C=O) groups is 1. The van der Waals surface area contributed by atoms with Crippen molar-refractivity contribution >= 4 is 17.3 Å². The summed E-state index contributed by atoms with van der Waals surface area (Å²) < 4.78 is 3.04. The van der Waals surface area contributed by atoms with Crippen LogP contribution < -0.4 is 5.32 Å². The summed E-state index contributed by atoms with van der Waals surface area (Å²) in [6.07, 6.45) is 0. The number of hydrogen-bond acceptors (Lipinski definition) is 7. The van der Waals surface area contributed by atoms with E-state index in [0.717, 1.165) is 5.56 Å². The fraction of sp³-hybridized carbons (Fsp3) is 0.350. The van der Waals surface area contributed by atoms with Crippen LogP contribution in [-0.2, 0) is 13.1 Å². The van der Waals surface area contributed by atoms with Crippen LogP contribution in [-0.4, -0.2) is 41.9 Å². The summed E-state index contributed by atoms with van der Waals surface area (Å²) >= 11 is 0. The quantitative estimate of drug-likeness (QED) is 0.417. The Balaban J connectivity index is 1.66. The summed E-state index contributed by atoms with van der Waals surface area (Å²) in [5, 5.41) is 33.5. The lowest BCUT2D eigenvalue weighted by Gasteiger charge is -2.09. The number of benzene rings is 1. The van der Waals surface area contributed by atoms with Gasteiger partial charge in [-0.05, 0) is 45.4 Å². The first-order chi connectivity index (χ1) is 15.1. The summed E-state index contributed by atoms with van der Waals surface area (Å²) in [7, 11) is 0. The van der Waals surface area contributed by atoms with Crippen molar-refractivity contribution in [1.29, 1.82) is 0 Å². The molecule has 0 fully saturated rings. The first kappa shape index (κ1) is 22.6. The number of nitrogens with zero attached hydrogens (tertiary/aromatic N) is 6. The van der Waals surface area contributed by atoms with Gasteiger partial charge in [-0.15, -0.1) is 0 Å². The molecule has 1 N–H and O–H groups in total. The maximum absolute atomic E-state index is 12.6.